The number of hydrogen-bond acceptors (Lipinski definition) is 1. The zero-order valence-corrected chi connectivity index (χ0v) is 12.2. The lowest BCUT2D eigenvalue weighted by molar-refractivity contribution is 0.103. The van der Waals surface area contributed by atoms with Gasteiger partial charge in [-0.25, -0.2) is 0 Å². The Labute approximate surface area is 121 Å². The summed E-state index contributed by atoms with van der Waals surface area (Å²) >= 11 is 9.81. The number of Topliss-reactive ketones (excluding diaryl/α,β-unsaturated/α-hetero) is 1. The van der Waals surface area contributed by atoms with Crippen LogP contribution in [0.1, 0.15) is 23.2 Å². The van der Waals surface area contributed by atoms with Gasteiger partial charge in [-0.1, -0.05) is 64.5 Å². The smallest absolute Gasteiger partial charge is 0.192 e. The molecule has 2 rings (SSSR count). The van der Waals surface area contributed by atoms with Crippen molar-refractivity contribution in [2.75, 3.05) is 5.33 Å². The monoisotopic (exact) mass is 324 g/mol. The predicted molar refractivity (Wildman–Crippen MR) is 79.6 cm³/mol. The molecule has 18 heavy (non-hydrogen) atoms. The van der Waals surface area contributed by atoms with Crippen LogP contribution in [0.3, 0.4) is 0 Å². The van der Waals surface area contributed by atoms with Gasteiger partial charge in [-0.05, 0) is 12.8 Å². The molecule has 3 heteroatoms. The van der Waals surface area contributed by atoms with Crippen molar-refractivity contribution in [1.82, 2.24) is 0 Å². The third kappa shape index (κ3) is 3.12. The number of benzene rings is 1. The van der Waals surface area contributed by atoms with Crippen LogP contribution in [0.4, 0.5) is 0 Å². The Bertz CT molecular complexity index is 492. The summed E-state index contributed by atoms with van der Waals surface area (Å²) in [7, 11) is 0. The largest absolute Gasteiger partial charge is 0.289 e. The first-order chi connectivity index (χ1) is 8.64. The summed E-state index contributed by atoms with van der Waals surface area (Å²) in [5, 5.41) is 0.858. The predicted octanol–water partition coefficient (Wildman–Crippen LogP) is 4.52. The number of ketones is 1. The maximum atomic E-state index is 12.2. The maximum absolute atomic E-state index is 12.2. The fourth-order valence-electron chi connectivity index (χ4n) is 1.92. The van der Waals surface area contributed by atoms with Gasteiger partial charge in [0.05, 0.1) is 4.87 Å². The van der Waals surface area contributed by atoms with Gasteiger partial charge in [0.15, 0.2) is 5.78 Å². The van der Waals surface area contributed by atoms with Crippen molar-refractivity contribution in [3.05, 3.63) is 59.7 Å². The highest BCUT2D eigenvalue weighted by atomic mass is 79.9. The highest BCUT2D eigenvalue weighted by Crippen LogP contribution is 2.32. The minimum Gasteiger partial charge on any atom is -0.289 e. The van der Waals surface area contributed by atoms with E-state index in [0.717, 1.165) is 22.9 Å². The summed E-state index contributed by atoms with van der Waals surface area (Å²) < 4.78 is 0. The van der Waals surface area contributed by atoms with Crippen molar-refractivity contribution in [2.45, 2.75) is 17.7 Å². The third-order valence-electron chi connectivity index (χ3n) is 3.03. The molecule has 0 heterocycles. The van der Waals surface area contributed by atoms with Crippen LogP contribution in [0, 0.1) is 0 Å². The number of carbonyl (C=O) groups is 1. The molecule has 1 atom stereocenters. The lowest BCUT2D eigenvalue weighted by atomic mass is 9.90. The lowest BCUT2D eigenvalue weighted by Crippen LogP contribution is -2.21. The number of alkyl halides is 2. The molecule has 94 valence electrons. The molecule has 1 unspecified atom stereocenters. The van der Waals surface area contributed by atoms with E-state index in [-0.39, 0.29) is 10.7 Å². The number of hydrogen-bond donors (Lipinski definition) is 0. The van der Waals surface area contributed by atoms with Crippen LogP contribution in [0.2, 0.25) is 0 Å². The van der Waals surface area contributed by atoms with E-state index < -0.39 is 0 Å². The van der Waals surface area contributed by atoms with Crippen LogP contribution in [0.15, 0.2) is 54.1 Å². The quantitative estimate of drug-likeness (QED) is 0.587. The van der Waals surface area contributed by atoms with Crippen molar-refractivity contribution in [3.8, 4) is 0 Å². The van der Waals surface area contributed by atoms with E-state index in [1.807, 2.05) is 48.6 Å². The number of allylic oxidation sites excluding steroid dienone is 4. The summed E-state index contributed by atoms with van der Waals surface area (Å²) in [5.41, 5.74) is 1.45. The van der Waals surface area contributed by atoms with Gasteiger partial charge in [0.2, 0.25) is 0 Å². The van der Waals surface area contributed by atoms with Gasteiger partial charge in [-0.15, -0.1) is 11.6 Å². The molecule has 0 fully saturated rings. The average Bonchev–Trinajstić information content (AvgIpc) is 2.40. The van der Waals surface area contributed by atoms with Gasteiger partial charge in [0.25, 0.3) is 0 Å². The zero-order valence-electron chi connectivity index (χ0n) is 9.90. The van der Waals surface area contributed by atoms with Crippen molar-refractivity contribution in [2.24, 2.45) is 0 Å². The fraction of sp³-hybridized carbons (Fsp3) is 0.267. The van der Waals surface area contributed by atoms with Crippen LogP contribution in [-0.2, 0) is 0 Å². The van der Waals surface area contributed by atoms with E-state index in [0.29, 0.717) is 6.42 Å². The van der Waals surface area contributed by atoms with Crippen molar-refractivity contribution >= 4 is 33.3 Å². The first-order valence-electron chi connectivity index (χ1n) is 5.89. The molecule has 1 nitrogen and oxygen atoms in total. The van der Waals surface area contributed by atoms with Gasteiger partial charge in [0.1, 0.15) is 0 Å². The van der Waals surface area contributed by atoms with E-state index in [9.17, 15) is 4.79 Å². The van der Waals surface area contributed by atoms with Crippen LogP contribution in [0.25, 0.3) is 0 Å². The maximum Gasteiger partial charge on any atom is 0.192 e. The normalized spacial score (nSPS) is 22.7. The van der Waals surface area contributed by atoms with Gasteiger partial charge >= 0.3 is 0 Å². The first-order valence-corrected chi connectivity index (χ1v) is 7.39. The highest BCUT2D eigenvalue weighted by Gasteiger charge is 2.26. The highest BCUT2D eigenvalue weighted by molar-refractivity contribution is 9.09. The molecule has 1 aliphatic carbocycles. The Morgan fingerprint density at radius 1 is 1.33 bits per heavy atom. The third-order valence-corrected chi connectivity index (χ3v) is 3.90. The fourth-order valence-corrected chi connectivity index (χ4v) is 3.09. The number of carbonyl (C=O) groups excluding carboxylic acids is 1. The Balaban J connectivity index is 2.12. The van der Waals surface area contributed by atoms with Crippen LogP contribution in [-0.4, -0.2) is 16.0 Å². The second-order valence-electron chi connectivity index (χ2n) is 4.37. The molecule has 0 aromatic heterocycles. The SMILES string of the molecule is O=C(C1=CCC(Cl)(CCBr)C=C1)c1ccccc1. The van der Waals surface area contributed by atoms with Gasteiger partial charge in [-0.2, -0.15) is 0 Å². The average molecular weight is 326 g/mol. The van der Waals surface area contributed by atoms with Gasteiger partial charge < -0.3 is 0 Å². The molecular formula is C15H14BrClO. The van der Waals surface area contributed by atoms with Crippen LogP contribution in [0.5, 0.6) is 0 Å². The van der Waals surface area contributed by atoms with Crippen molar-refractivity contribution in [3.63, 3.8) is 0 Å². The van der Waals surface area contributed by atoms with E-state index in [1.54, 1.807) is 0 Å². The molecule has 0 spiro atoms. The second-order valence-corrected chi connectivity index (χ2v) is 5.91. The van der Waals surface area contributed by atoms with E-state index in [1.165, 1.54) is 0 Å². The summed E-state index contributed by atoms with van der Waals surface area (Å²) in [6, 6.07) is 9.31. The molecule has 0 radical (unpaired) electrons. The Kier molecular flexibility index (Phi) is 4.41. The summed E-state index contributed by atoms with van der Waals surface area (Å²) in [6.45, 7) is 0. The van der Waals surface area contributed by atoms with E-state index >= 15 is 0 Å². The molecule has 1 aromatic rings. The molecular weight excluding hydrogens is 312 g/mol. The topological polar surface area (TPSA) is 17.1 Å². The summed E-state index contributed by atoms with van der Waals surface area (Å²) in [5.74, 6) is 0.0596. The van der Waals surface area contributed by atoms with E-state index in [4.69, 9.17) is 11.6 Å². The van der Waals surface area contributed by atoms with Crippen LogP contribution < -0.4 is 0 Å². The van der Waals surface area contributed by atoms with Gasteiger partial charge in [0, 0.05) is 16.5 Å². The molecule has 0 amide bonds. The van der Waals surface area contributed by atoms with Crippen LogP contribution >= 0.6 is 27.5 Å². The Morgan fingerprint density at radius 3 is 2.61 bits per heavy atom. The minimum absolute atomic E-state index is 0.0596. The number of halogens is 2. The van der Waals surface area contributed by atoms with E-state index in [2.05, 4.69) is 15.9 Å². The molecule has 1 aliphatic rings. The Morgan fingerprint density at radius 2 is 2.06 bits per heavy atom. The molecule has 0 bridgehead atoms. The molecule has 0 aliphatic heterocycles. The first kappa shape index (κ1) is 13.6. The lowest BCUT2D eigenvalue weighted by Gasteiger charge is -2.24. The standard InChI is InChI=1S/C15H14BrClO/c16-11-10-15(17)8-6-13(7-9-15)14(18)12-4-2-1-3-5-12/h1-8H,9-11H2. The summed E-state index contributed by atoms with van der Waals surface area (Å²) in [4.78, 5) is 11.9. The van der Waals surface area contributed by atoms with Gasteiger partial charge in [-0.3, -0.25) is 4.79 Å². The Hall–Kier alpha value is -0.860. The van der Waals surface area contributed by atoms with Crippen molar-refractivity contribution < 1.29 is 4.79 Å². The molecule has 0 saturated heterocycles. The summed E-state index contributed by atoms with van der Waals surface area (Å²) in [6.07, 6.45) is 7.27. The molecule has 0 N–H and O–H groups in total. The molecule has 1 aromatic carbocycles. The second kappa shape index (κ2) is 5.85. The zero-order chi connectivity index (χ0) is 13.0. The minimum atomic E-state index is -0.343. The molecule has 0 saturated carbocycles. The number of rotatable bonds is 4. The van der Waals surface area contributed by atoms with Crippen molar-refractivity contribution in [1.29, 1.82) is 0 Å².